The molecule has 4 rings (SSSR count). The van der Waals surface area contributed by atoms with Crippen molar-refractivity contribution < 1.29 is 9.47 Å². The summed E-state index contributed by atoms with van der Waals surface area (Å²) in [6.45, 7) is 3.20. The quantitative estimate of drug-likeness (QED) is 0.867. The smallest absolute Gasteiger partial charge is 0.122 e. The fraction of sp³-hybridized carbons (Fsp3) is 0.500. The second-order valence-electron chi connectivity index (χ2n) is 5.80. The number of ether oxygens (including phenoxy) is 2. The molecule has 0 N–H and O–H groups in total. The Morgan fingerprint density at radius 2 is 2.29 bits per heavy atom. The number of hydrogen-bond acceptors (Lipinski definition) is 4. The molecule has 1 fully saturated rings. The van der Waals surface area contributed by atoms with Crippen molar-refractivity contribution in [3.8, 4) is 5.75 Å². The summed E-state index contributed by atoms with van der Waals surface area (Å²) in [5.74, 6) is 1.45. The molecular weight excluding hydrogens is 266 g/mol. The van der Waals surface area contributed by atoms with Gasteiger partial charge >= 0.3 is 0 Å². The summed E-state index contributed by atoms with van der Waals surface area (Å²) in [6, 6.07) is 6.42. The lowest BCUT2D eigenvalue weighted by Crippen LogP contribution is -2.09. The first-order valence-electron chi connectivity index (χ1n) is 7.61. The minimum atomic E-state index is 0.413. The summed E-state index contributed by atoms with van der Waals surface area (Å²) < 4.78 is 13.0. The summed E-state index contributed by atoms with van der Waals surface area (Å²) >= 11 is 0. The average molecular weight is 285 g/mol. The number of fused-ring (bicyclic) bond motifs is 1. The van der Waals surface area contributed by atoms with Crippen molar-refractivity contribution >= 4 is 0 Å². The van der Waals surface area contributed by atoms with Crippen molar-refractivity contribution in [3.05, 3.63) is 41.2 Å². The van der Waals surface area contributed by atoms with E-state index < -0.39 is 0 Å². The number of benzene rings is 1. The van der Waals surface area contributed by atoms with Gasteiger partial charge in [0.05, 0.1) is 25.5 Å². The predicted molar refractivity (Wildman–Crippen MR) is 77.6 cm³/mol. The van der Waals surface area contributed by atoms with Crippen molar-refractivity contribution in [3.63, 3.8) is 0 Å². The molecule has 0 bridgehead atoms. The molecule has 5 heteroatoms. The van der Waals surface area contributed by atoms with E-state index in [1.807, 2.05) is 4.68 Å². The van der Waals surface area contributed by atoms with Crippen LogP contribution in [0.4, 0.5) is 0 Å². The molecule has 1 atom stereocenters. The van der Waals surface area contributed by atoms with Gasteiger partial charge in [0.15, 0.2) is 0 Å². The number of aryl methyl sites for hydroxylation is 1. The normalized spacial score (nSPS) is 21.0. The van der Waals surface area contributed by atoms with Crippen LogP contribution in [-0.2, 0) is 17.7 Å². The molecule has 1 unspecified atom stereocenters. The number of aromatic nitrogens is 3. The largest absolute Gasteiger partial charge is 0.493 e. The number of nitrogens with zero attached hydrogens (tertiary/aromatic N) is 3. The van der Waals surface area contributed by atoms with Gasteiger partial charge in [0, 0.05) is 18.7 Å². The van der Waals surface area contributed by atoms with E-state index in [0.29, 0.717) is 5.92 Å². The zero-order valence-electron chi connectivity index (χ0n) is 12.0. The molecule has 5 nitrogen and oxygen atoms in total. The minimum absolute atomic E-state index is 0.413. The molecule has 21 heavy (non-hydrogen) atoms. The van der Waals surface area contributed by atoms with Crippen molar-refractivity contribution in [2.45, 2.75) is 31.7 Å². The molecule has 0 saturated carbocycles. The van der Waals surface area contributed by atoms with Crippen molar-refractivity contribution in [1.29, 1.82) is 0 Å². The van der Waals surface area contributed by atoms with Crippen LogP contribution in [0.15, 0.2) is 24.4 Å². The highest BCUT2D eigenvalue weighted by Crippen LogP contribution is 2.26. The zero-order valence-corrected chi connectivity index (χ0v) is 12.0. The lowest BCUT2D eigenvalue weighted by molar-refractivity contribution is 0.193. The van der Waals surface area contributed by atoms with Crippen LogP contribution in [0.25, 0.3) is 0 Å². The van der Waals surface area contributed by atoms with Crippen LogP contribution in [0.5, 0.6) is 5.75 Å². The highest BCUT2D eigenvalue weighted by molar-refractivity contribution is 5.38. The standard InChI is InChI=1S/C16H19N3O2/c1-2-13-8-12(3-4-16(13)21-6-1)9-19-10-15(17-18-19)14-5-7-20-11-14/h3-4,8,10,14H,1-2,5-7,9,11H2. The van der Waals surface area contributed by atoms with Gasteiger partial charge in [0.2, 0.25) is 0 Å². The summed E-state index contributed by atoms with van der Waals surface area (Å²) in [5.41, 5.74) is 3.61. The van der Waals surface area contributed by atoms with E-state index in [1.165, 1.54) is 11.1 Å². The Morgan fingerprint density at radius 1 is 1.29 bits per heavy atom. The maximum absolute atomic E-state index is 5.65. The van der Waals surface area contributed by atoms with E-state index in [0.717, 1.165) is 57.1 Å². The Bertz CT molecular complexity index is 632. The molecule has 2 aliphatic rings. The van der Waals surface area contributed by atoms with Crippen molar-refractivity contribution in [2.75, 3.05) is 19.8 Å². The highest BCUT2D eigenvalue weighted by Gasteiger charge is 2.20. The Labute approximate surface area is 123 Å². The van der Waals surface area contributed by atoms with E-state index in [4.69, 9.17) is 9.47 Å². The van der Waals surface area contributed by atoms with Gasteiger partial charge in [-0.25, -0.2) is 4.68 Å². The van der Waals surface area contributed by atoms with Crippen molar-refractivity contribution in [1.82, 2.24) is 15.0 Å². The third-order valence-electron chi connectivity index (χ3n) is 4.22. The topological polar surface area (TPSA) is 49.2 Å². The van der Waals surface area contributed by atoms with E-state index in [2.05, 4.69) is 34.7 Å². The molecule has 1 saturated heterocycles. The summed E-state index contributed by atoms with van der Waals surface area (Å²) in [5, 5.41) is 8.54. The first-order valence-corrected chi connectivity index (χ1v) is 7.61. The SMILES string of the molecule is c1cc2c(cc1Cn1cc(C3CCOC3)nn1)CCCO2. The maximum Gasteiger partial charge on any atom is 0.122 e. The average Bonchev–Trinajstić information content (AvgIpc) is 3.18. The fourth-order valence-corrected chi connectivity index (χ4v) is 3.04. The molecule has 2 aliphatic heterocycles. The Hall–Kier alpha value is -1.88. The van der Waals surface area contributed by atoms with E-state index in [1.54, 1.807) is 0 Å². The van der Waals surface area contributed by atoms with E-state index in [9.17, 15) is 0 Å². The van der Waals surface area contributed by atoms with E-state index in [-0.39, 0.29) is 0 Å². The van der Waals surface area contributed by atoms with Gasteiger partial charge in [-0.2, -0.15) is 0 Å². The van der Waals surface area contributed by atoms with Crippen LogP contribution >= 0.6 is 0 Å². The van der Waals surface area contributed by atoms with Crippen LogP contribution in [-0.4, -0.2) is 34.8 Å². The molecule has 110 valence electrons. The Kier molecular flexibility index (Phi) is 3.35. The van der Waals surface area contributed by atoms with E-state index >= 15 is 0 Å². The first kappa shape index (κ1) is 12.8. The molecule has 2 aromatic rings. The second kappa shape index (κ2) is 5.48. The van der Waals surface area contributed by atoms with Gasteiger partial charge in [0.1, 0.15) is 5.75 Å². The molecule has 1 aromatic carbocycles. The van der Waals surface area contributed by atoms with Gasteiger partial charge in [0.25, 0.3) is 0 Å². The van der Waals surface area contributed by atoms with Crippen LogP contribution < -0.4 is 4.74 Å². The molecule has 3 heterocycles. The van der Waals surface area contributed by atoms with Gasteiger partial charge in [-0.1, -0.05) is 17.3 Å². The van der Waals surface area contributed by atoms with Crippen LogP contribution in [0.2, 0.25) is 0 Å². The van der Waals surface area contributed by atoms with Gasteiger partial charge in [-0.15, -0.1) is 5.10 Å². The summed E-state index contributed by atoms with van der Waals surface area (Å²) in [6.07, 6.45) is 5.31. The summed E-state index contributed by atoms with van der Waals surface area (Å²) in [4.78, 5) is 0. The molecule has 0 aliphatic carbocycles. The van der Waals surface area contributed by atoms with Crippen molar-refractivity contribution in [2.24, 2.45) is 0 Å². The lowest BCUT2D eigenvalue weighted by Gasteiger charge is -2.17. The first-order chi connectivity index (χ1) is 10.4. The molecule has 0 amide bonds. The molecular formula is C16H19N3O2. The third kappa shape index (κ3) is 2.65. The highest BCUT2D eigenvalue weighted by atomic mass is 16.5. The predicted octanol–water partition coefficient (Wildman–Crippen LogP) is 2.16. The van der Waals surface area contributed by atoms with Gasteiger partial charge in [-0.05, 0) is 36.5 Å². The fourth-order valence-electron chi connectivity index (χ4n) is 3.04. The third-order valence-corrected chi connectivity index (χ3v) is 4.22. The molecule has 1 aromatic heterocycles. The monoisotopic (exact) mass is 285 g/mol. The maximum atomic E-state index is 5.65. The summed E-state index contributed by atoms with van der Waals surface area (Å²) in [7, 11) is 0. The number of hydrogen-bond donors (Lipinski definition) is 0. The molecule has 0 spiro atoms. The number of rotatable bonds is 3. The second-order valence-corrected chi connectivity index (χ2v) is 5.80. The van der Waals surface area contributed by atoms with Gasteiger partial charge in [-0.3, -0.25) is 0 Å². The zero-order chi connectivity index (χ0) is 14.1. The van der Waals surface area contributed by atoms with Crippen LogP contribution in [0.3, 0.4) is 0 Å². The van der Waals surface area contributed by atoms with Crippen LogP contribution in [0, 0.1) is 0 Å². The Morgan fingerprint density at radius 3 is 3.19 bits per heavy atom. The van der Waals surface area contributed by atoms with Gasteiger partial charge < -0.3 is 9.47 Å². The lowest BCUT2D eigenvalue weighted by atomic mass is 10.0. The Balaban J connectivity index is 1.50. The molecule has 0 radical (unpaired) electrons. The van der Waals surface area contributed by atoms with Crippen LogP contribution in [0.1, 0.15) is 35.6 Å². The minimum Gasteiger partial charge on any atom is -0.493 e.